The molecule has 0 unspecified atom stereocenters. The molecule has 1 aromatic rings. The molecule has 9 nitrogen and oxygen atoms in total. The van der Waals surface area contributed by atoms with E-state index in [1.54, 1.807) is 18.0 Å². The van der Waals surface area contributed by atoms with Crippen molar-refractivity contribution in [2.24, 2.45) is 0 Å². The summed E-state index contributed by atoms with van der Waals surface area (Å²) in [5, 5.41) is 11.2. The lowest BCUT2D eigenvalue weighted by atomic mass is 9.94. The summed E-state index contributed by atoms with van der Waals surface area (Å²) in [6, 6.07) is 4.30. The Morgan fingerprint density at radius 3 is 2.59 bits per heavy atom. The number of morpholine rings is 1. The molecule has 1 aromatic carbocycles. The Morgan fingerprint density at radius 1 is 1.24 bits per heavy atom. The van der Waals surface area contributed by atoms with Crippen LogP contribution in [-0.2, 0) is 14.3 Å². The SMILES string of the molecule is CN(C(=O)COC(=O)c1cc([N+](=O)[O-])ccc1N1CCOCC1)C1CCCCC1. The predicted molar refractivity (Wildman–Crippen MR) is 106 cm³/mol. The number of benzene rings is 1. The lowest BCUT2D eigenvalue weighted by molar-refractivity contribution is -0.384. The fourth-order valence-corrected chi connectivity index (χ4v) is 3.86. The Balaban J connectivity index is 1.70. The zero-order valence-electron chi connectivity index (χ0n) is 16.7. The van der Waals surface area contributed by atoms with E-state index < -0.39 is 10.9 Å². The highest BCUT2D eigenvalue weighted by atomic mass is 16.6. The number of nitrogens with zero attached hydrogens (tertiary/aromatic N) is 3. The number of esters is 1. The van der Waals surface area contributed by atoms with Crippen LogP contribution in [0, 0.1) is 10.1 Å². The van der Waals surface area contributed by atoms with Crippen LogP contribution in [0.3, 0.4) is 0 Å². The predicted octanol–water partition coefficient (Wildman–Crippen LogP) is 2.38. The van der Waals surface area contributed by atoms with Crippen molar-refractivity contribution in [3.8, 4) is 0 Å². The van der Waals surface area contributed by atoms with Gasteiger partial charge in [-0.25, -0.2) is 4.79 Å². The summed E-state index contributed by atoms with van der Waals surface area (Å²) in [6.07, 6.45) is 5.30. The first-order valence-corrected chi connectivity index (χ1v) is 10.0. The van der Waals surface area contributed by atoms with E-state index in [-0.39, 0.29) is 29.8 Å². The van der Waals surface area contributed by atoms with E-state index in [0.29, 0.717) is 32.0 Å². The Bertz CT molecular complexity index is 757. The van der Waals surface area contributed by atoms with Crippen molar-refractivity contribution in [1.29, 1.82) is 0 Å². The minimum absolute atomic E-state index is 0.0919. The first-order valence-electron chi connectivity index (χ1n) is 10.0. The van der Waals surface area contributed by atoms with E-state index in [1.807, 2.05) is 4.90 Å². The van der Waals surface area contributed by atoms with E-state index in [4.69, 9.17) is 9.47 Å². The third kappa shape index (κ3) is 5.23. The molecule has 1 aliphatic heterocycles. The summed E-state index contributed by atoms with van der Waals surface area (Å²) in [7, 11) is 1.73. The van der Waals surface area contributed by atoms with Crippen LogP contribution in [0.25, 0.3) is 0 Å². The van der Waals surface area contributed by atoms with Crippen LogP contribution in [0.1, 0.15) is 42.5 Å². The molecule has 3 rings (SSSR count). The van der Waals surface area contributed by atoms with Crippen molar-refractivity contribution < 1.29 is 24.0 Å². The molecular weight excluding hydrogens is 378 g/mol. The number of non-ortho nitro benzene ring substituents is 1. The summed E-state index contributed by atoms with van der Waals surface area (Å²) < 4.78 is 10.6. The van der Waals surface area contributed by atoms with Gasteiger partial charge in [-0.1, -0.05) is 19.3 Å². The van der Waals surface area contributed by atoms with Crippen molar-refractivity contribution in [2.45, 2.75) is 38.1 Å². The first-order chi connectivity index (χ1) is 14.0. The number of carbonyl (C=O) groups excluding carboxylic acids is 2. The van der Waals surface area contributed by atoms with Crippen LogP contribution < -0.4 is 4.90 Å². The number of amides is 1. The molecule has 158 valence electrons. The van der Waals surface area contributed by atoms with E-state index in [1.165, 1.54) is 18.6 Å². The van der Waals surface area contributed by atoms with Gasteiger partial charge < -0.3 is 19.3 Å². The summed E-state index contributed by atoms with van der Waals surface area (Å²) >= 11 is 0. The van der Waals surface area contributed by atoms with Gasteiger partial charge >= 0.3 is 5.97 Å². The maximum atomic E-state index is 12.7. The fourth-order valence-electron chi connectivity index (χ4n) is 3.86. The van der Waals surface area contributed by atoms with Crippen LogP contribution in [0.15, 0.2) is 18.2 Å². The monoisotopic (exact) mass is 405 g/mol. The van der Waals surface area contributed by atoms with E-state index in [9.17, 15) is 19.7 Å². The number of carbonyl (C=O) groups is 2. The molecule has 2 fully saturated rings. The molecule has 2 aliphatic rings. The third-order valence-electron chi connectivity index (χ3n) is 5.61. The van der Waals surface area contributed by atoms with Crippen LogP contribution >= 0.6 is 0 Å². The Morgan fingerprint density at radius 2 is 1.93 bits per heavy atom. The number of ether oxygens (including phenoxy) is 2. The highest BCUT2D eigenvalue weighted by molar-refractivity contribution is 5.97. The highest BCUT2D eigenvalue weighted by Gasteiger charge is 2.26. The second-order valence-corrected chi connectivity index (χ2v) is 7.43. The van der Waals surface area contributed by atoms with Gasteiger partial charge in [0.2, 0.25) is 0 Å². The van der Waals surface area contributed by atoms with Crippen molar-refractivity contribution in [3.63, 3.8) is 0 Å². The number of hydrogen-bond donors (Lipinski definition) is 0. The number of nitro groups is 1. The molecule has 1 heterocycles. The number of anilines is 1. The van der Waals surface area contributed by atoms with Gasteiger partial charge in [0.25, 0.3) is 11.6 Å². The summed E-state index contributed by atoms with van der Waals surface area (Å²) in [5.74, 6) is -0.996. The third-order valence-corrected chi connectivity index (χ3v) is 5.61. The van der Waals surface area contributed by atoms with Gasteiger partial charge in [0.1, 0.15) is 0 Å². The zero-order chi connectivity index (χ0) is 20.8. The normalized spacial score (nSPS) is 17.6. The average molecular weight is 405 g/mol. The maximum absolute atomic E-state index is 12.7. The minimum atomic E-state index is -0.736. The largest absolute Gasteiger partial charge is 0.452 e. The van der Waals surface area contributed by atoms with Gasteiger partial charge in [-0.15, -0.1) is 0 Å². The number of rotatable bonds is 6. The summed E-state index contributed by atoms with van der Waals surface area (Å²) in [4.78, 5) is 39.4. The average Bonchev–Trinajstić information content (AvgIpc) is 2.77. The molecule has 0 atom stereocenters. The highest BCUT2D eigenvalue weighted by Crippen LogP contribution is 2.27. The van der Waals surface area contributed by atoms with Crippen LogP contribution in [-0.4, -0.2) is 67.7 Å². The molecule has 9 heteroatoms. The standard InChI is InChI=1S/C20H27N3O6/c1-21(15-5-3-2-4-6-15)19(24)14-29-20(25)17-13-16(23(26)27)7-8-18(17)22-9-11-28-12-10-22/h7-8,13,15H,2-6,9-12,14H2,1H3. The van der Waals surface area contributed by atoms with Crippen LogP contribution in [0.4, 0.5) is 11.4 Å². The van der Waals surface area contributed by atoms with E-state index in [0.717, 1.165) is 25.7 Å². The molecule has 29 heavy (non-hydrogen) atoms. The van der Waals surface area contributed by atoms with Gasteiger partial charge in [-0.2, -0.15) is 0 Å². The molecule has 0 aromatic heterocycles. The molecule has 1 amide bonds. The summed E-state index contributed by atoms with van der Waals surface area (Å²) in [5.41, 5.74) is 0.450. The molecule has 0 radical (unpaired) electrons. The smallest absolute Gasteiger partial charge is 0.341 e. The van der Waals surface area contributed by atoms with E-state index >= 15 is 0 Å². The lowest BCUT2D eigenvalue weighted by Gasteiger charge is -2.31. The lowest BCUT2D eigenvalue weighted by Crippen LogP contribution is -2.40. The van der Waals surface area contributed by atoms with Crippen molar-refractivity contribution >= 4 is 23.3 Å². The molecule has 1 saturated heterocycles. The summed E-state index contributed by atoms with van der Waals surface area (Å²) in [6.45, 7) is 1.78. The molecule has 1 aliphatic carbocycles. The van der Waals surface area contributed by atoms with Gasteiger partial charge in [0.15, 0.2) is 6.61 Å². The fraction of sp³-hybridized carbons (Fsp3) is 0.600. The number of hydrogen-bond acceptors (Lipinski definition) is 7. The van der Waals surface area contributed by atoms with Crippen LogP contribution in [0.2, 0.25) is 0 Å². The Kier molecular flexibility index (Phi) is 7.03. The molecular formula is C20H27N3O6. The van der Waals surface area contributed by atoms with Gasteiger partial charge in [0, 0.05) is 38.3 Å². The van der Waals surface area contributed by atoms with Gasteiger partial charge in [0.05, 0.1) is 29.4 Å². The van der Waals surface area contributed by atoms with Crippen molar-refractivity contribution in [1.82, 2.24) is 4.90 Å². The number of likely N-dealkylation sites (N-methyl/N-ethyl adjacent to an activating group) is 1. The minimum Gasteiger partial charge on any atom is -0.452 e. The maximum Gasteiger partial charge on any atom is 0.341 e. The quantitative estimate of drug-likeness (QED) is 0.407. The van der Waals surface area contributed by atoms with E-state index in [2.05, 4.69) is 0 Å². The topological polar surface area (TPSA) is 102 Å². The Labute approximate surface area is 169 Å². The zero-order valence-corrected chi connectivity index (χ0v) is 16.7. The van der Waals surface area contributed by atoms with Crippen molar-refractivity contribution in [2.75, 3.05) is 44.9 Å². The van der Waals surface area contributed by atoms with Gasteiger partial charge in [-0.3, -0.25) is 14.9 Å². The molecule has 1 saturated carbocycles. The molecule has 0 N–H and O–H groups in total. The van der Waals surface area contributed by atoms with Crippen molar-refractivity contribution in [3.05, 3.63) is 33.9 Å². The number of nitro benzene ring substituents is 1. The molecule has 0 bridgehead atoms. The van der Waals surface area contributed by atoms with Crippen LogP contribution in [0.5, 0.6) is 0 Å². The second-order valence-electron chi connectivity index (χ2n) is 7.43. The molecule has 0 spiro atoms. The first kappa shape index (κ1) is 21.0. The van der Waals surface area contributed by atoms with Gasteiger partial charge in [-0.05, 0) is 18.9 Å². The second kappa shape index (κ2) is 9.69. The Hall–Kier alpha value is -2.68.